The predicted octanol–water partition coefficient (Wildman–Crippen LogP) is 2.25. The van der Waals surface area contributed by atoms with Crippen molar-refractivity contribution in [2.75, 3.05) is 6.61 Å². The van der Waals surface area contributed by atoms with E-state index in [1.165, 1.54) is 0 Å². The zero-order valence-electron chi connectivity index (χ0n) is 9.26. The first-order chi connectivity index (χ1) is 6.52. The van der Waals surface area contributed by atoms with Gasteiger partial charge in [0.2, 0.25) is 6.29 Å². The molecule has 14 heavy (non-hydrogen) atoms. The smallest absolute Gasteiger partial charge is 0.305 e. The van der Waals surface area contributed by atoms with Gasteiger partial charge in [0.1, 0.15) is 6.61 Å². The molecule has 0 amide bonds. The van der Waals surface area contributed by atoms with Crippen LogP contribution in [0.25, 0.3) is 0 Å². The lowest BCUT2D eigenvalue weighted by molar-refractivity contribution is -0.145. The van der Waals surface area contributed by atoms with Gasteiger partial charge in [0.05, 0.1) is 5.41 Å². The van der Waals surface area contributed by atoms with E-state index in [0.717, 1.165) is 19.3 Å². The van der Waals surface area contributed by atoms with Crippen molar-refractivity contribution < 1.29 is 14.3 Å². The molecular weight excluding hydrogens is 180 g/mol. The van der Waals surface area contributed by atoms with Crippen molar-refractivity contribution in [1.82, 2.24) is 0 Å². The normalized spacial score (nSPS) is 11.1. The van der Waals surface area contributed by atoms with Crippen molar-refractivity contribution in [3.63, 3.8) is 0 Å². The third kappa shape index (κ3) is 6.63. The van der Waals surface area contributed by atoms with Crippen molar-refractivity contribution in [2.24, 2.45) is 5.41 Å². The van der Waals surface area contributed by atoms with Crippen molar-refractivity contribution in [3.05, 3.63) is 0 Å². The average Bonchev–Trinajstić information content (AvgIpc) is 2.16. The Bertz CT molecular complexity index is 185. The number of rotatable bonds is 7. The van der Waals surface area contributed by atoms with Crippen LogP contribution in [0, 0.1) is 5.41 Å². The number of unbranched alkanes of at least 4 members (excludes halogenated alkanes) is 2. The van der Waals surface area contributed by atoms with E-state index < -0.39 is 5.41 Å². The second-order valence-electron chi connectivity index (χ2n) is 4.10. The summed E-state index contributed by atoms with van der Waals surface area (Å²) in [5, 5.41) is 0. The molecule has 1 radical (unpaired) electrons. The average molecular weight is 199 g/mol. The van der Waals surface area contributed by atoms with Gasteiger partial charge in [-0.3, -0.25) is 9.59 Å². The van der Waals surface area contributed by atoms with Crippen molar-refractivity contribution in [3.8, 4) is 0 Å². The zero-order valence-corrected chi connectivity index (χ0v) is 9.26. The zero-order chi connectivity index (χ0) is 11.0. The van der Waals surface area contributed by atoms with Gasteiger partial charge in [-0.2, -0.15) is 0 Å². The third-order valence-electron chi connectivity index (χ3n) is 1.85. The molecule has 3 heteroatoms. The third-order valence-corrected chi connectivity index (χ3v) is 1.85. The van der Waals surface area contributed by atoms with E-state index in [2.05, 4.69) is 6.92 Å². The lowest BCUT2D eigenvalue weighted by atomic mass is 9.98. The van der Waals surface area contributed by atoms with E-state index in [1.807, 2.05) is 6.29 Å². The van der Waals surface area contributed by atoms with Crippen LogP contribution >= 0.6 is 0 Å². The van der Waals surface area contributed by atoms with Crippen LogP contribution in [0.5, 0.6) is 0 Å². The molecule has 0 saturated carbocycles. The molecule has 0 aromatic heterocycles. The second kappa shape index (κ2) is 6.57. The molecular formula is C11H19O3. The molecule has 0 heterocycles. The summed E-state index contributed by atoms with van der Waals surface area (Å²) in [5.41, 5.74) is -0.680. The topological polar surface area (TPSA) is 43.4 Å². The number of carbonyl (C=O) groups excluding carboxylic acids is 2. The van der Waals surface area contributed by atoms with Crippen molar-refractivity contribution in [1.29, 1.82) is 0 Å². The summed E-state index contributed by atoms with van der Waals surface area (Å²) in [6.45, 7) is 5.59. The van der Waals surface area contributed by atoms with E-state index >= 15 is 0 Å². The highest BCUT2D eigenvalue weighted by Crippen LogP contribution is 2.12. The first-order valence-electron chi connectivity index (χ1n) is 5.07. The molecule has 0 N–H and O–H groups in total. The molecule has 0 aliphatic heterocycles. The van der Waals surface area contributed by atoms with Gasteiger partial charge in [-0.1, -0.05) is 19.8 Å². The van der Waals surface area contributed by atoms with Crippen LogP contribution in [-0.4, -0.2) is 18.9 Å². The van der Waals surface area contributed by atoms with Gasteiger partial charge in [-0.15, -0.1) is 0 Å². The summed E-state index contributed by atoms with van der Waals surface area (Å²) in [6.07, 6.45) is 5.27. The maximum Gasteiger partial charge on any atom is 0.305 e. The molecule has 0 rings (SSSR count). The summed E-state index contributed by atoms with van der Waals surface area (Å²) in [5.74, 6) is -0.221. The number of ether oxygens (including phenoxy) is 1. The lowest BCUT2D eigenvalue weighted by Crippen LogP contribution is -2.23. The van der Waals surface area contributed by atoms with Crippen LogP contribution in [0.2, 0.25) is 0 Å². The Labute approximate surface area is 85.8 Å². The Morgan fingerprint density at radius 1 is 1.36 bits per heavy atom. The van der Waals surface area contributed by atoms with E-state index in [9.17, 15) is 9.59 Å². The maximum atomic E-state index is 11.1. The van der Waals surface area contributed by atoms with Crippen LogP contribution in [0.15, 0.2) is 0 Å². The fourth-order valence-electron chi connectivity index (χ4n) is 0.882. The second-order valence-corrected chi connectivity index (χ2v) is 4.10. The van der Waals surface area contributed by atoms with Crippen molar-refractivity contribution in [2.45, 2.75) is 46.5 Å². The SMILES string of the molecule is CCCCCC(=O)OCC(C)(C)[C]=O. The van der Waals surface area contributed by atoms with E-state index in [-0.39, 0.29) is 12.6 Å². The van der Waals surface area contributed by atoms with E-state index in [4.69, 9.17) is 4.74 Å². The Balaban J connectivity index is 3.58. The minimum atomic E-state index is -0.680. The van der Waals surface area contributed by atoms with Gasteiger partial charge in [0, 0.05) is 6.42 Å². The van der Waals surface area contributed by atoms with E-state index in [0.29, 0.717) is 6.42 Å². The van der Waals surface area contributed by atoms with E-state index in [1.54, 1.807) is 13.8 Å². The molecule has 0 atom stereocenters. The first-order valence-corrected chi connectivity index (χ1v) is 5.07. The van der Waals surface area contributed by atoms with Gasteiger partial charge < -0.3 is 4.74 Å². The molecule has 3 nitrogen and oxygen atoms in total. The number of hydrogen-bond donors (Lipinski definition) is 0. The quantitative estimate of drug-likeness (QED) is 0.466. The number of carbonyl (C=O) groups is 1. The van der Waals surface area contributed by atoms with Gasteiger partial charge in [-0.05, 0) is 20.3 Å². The highest BCUT2D eigenvalue weighted by molar-refractivity contribution is 5.70. The fourth-order valence-corrected chi connectivity index (χ4v) is 0.882. The summed E-state index contributed by atoms with van der Waals surface area (Å²) < 4.78 is 4.94. The molecule has 0 bridgehead atoms. The number of esters is 1. The van der Waals surface area contributed by atoms with Crippen molar-refractivity contribution >= 4 is 12.3 Å². The highest BCUT2D eigenvalue weighted by Gasteiger charge is 2.20. The lowest BCUT2D eigenvalue weighted by Gasteiger charge is -2.15. The van der Waals surface area contributed by atoms with Gasteiger partial charge in [-0.25, -0.2) is 0 Å². The van der Waals surface area contributed by atoms with Crippen LogP contribution in [0.1, 0.15) is 46.5 Å². The maximum absolute atomic E-state index is 11.1. The molecule has 0 spiro atoms. The first kappa shape index (κ1) is 13.1. The Morgan fingerprint density at radius 3 is 2.50 bits per heavy atom. The minimum Gasteiger partial charge on any atom is -0.465 e. The Morgan fingerprint density at radius 2 is 2.00 bits per heavy atom. The summed E-state index contributed by atoms with van der Waals surface area (Å²) in [4.78, 5) is 21.5. The van der Waals surface area contributed by atoms with Crippen LogP contribution in [0.3, 0.4) is 0 Å². The Hall–Kier alpha value is -0.860. The molecule has 0 saturated heterocycles. The fraction of sp³-hybridized carbons (Fsp3) is 0.818. The molecule has 0 aliphatic rings. The van der Waals surface area contributed by atoms with Crippen LogP contribution in [-0.2, 0) is 14.3 Å². The molecule has 0 unspecified atom stereocenters. The Kier molecular flexibility index (Phi) is 6.17. The molecule has 0 aliphatic carbocycles. The van der Waals surface area contributed by atoms with Crippen LogP contribution in [0.4, 0.5) is 0 Å². The monoisotopic (exact) mass is 199 g/mol. The number of hydrogen-bond acceptors (Lipinski definition) is 3. The molecule has 81 valence electrons. The molecule has 0 aromatic carbocycles. The van der Waals surface area contributed by atoms with Gasteiger partial charge in [0.25, 0.3) is 0 Å². The summed E-state index contributed by atoms with van der Waals surface area (Å²) >= 11 is 0. The molecule has 0 fully saturated rings. The molecule has 0 aromatic rings. The summed E-state index contributed by atoms with van der Waals surface area (Å²) in [7, 11) is 0. The highest BCUT2D eigenvalue weighted by atomic mass is 16.5. The predicted molar refractivity (Wildman–Crippen MR) is 54.6 cm³/mol. The summed E-state index contributed by atoms with van der Waals surface area (Å²) in [6, 6.07) is 0. The minimum absolute atomic E-state index is 0.126. The van der Waals surface area contributed by atoms with Gasteiger partial charge in [0.15, 0.2) is 0 Å². The van der Waals surface area contributed by atoms with Gasteiger partial charge >= 0.3 is 5.97 Å². The standard InChI is InChI=1S/C11H19O3/c1-4-5-6-7-10(13)14-9-11(2,3)8-12/h4-7,9H2,1-3H3. The largest absolute Gasteiger partial charge is 0.465 e. The van der Waals surface area contributed by atoms with Crippen LogP contribution < -0.4 is 0 Å².